The third-order valence-corrected chi connectivity index (χ3v) is 8.06. The molecule has 0 saturated carbocycles. The molecule has 41 heavy (non-hydrogen) atoms. The molecule has 0 spiro atoms. The summed E-state index contributed by atoms with van der Waals surface area (Å²) in [5.41, 5.74) is 2.02. The van der Waals surface area contributed by atoms with Crippen LogP contribution in [0.3, 0.4) is 0 Å². The maximum Gasteiger partial charge on any atom is 0.316 e. The van der Waals surface area contributed by atoms with E-state index in [1.54, 1.807) is 18.5 Å². The van der Waals surface area contributed by atoms with Gasteiger partial charge in [-0.1, -0.05) is 6.07 Å². The molecule has 1 aromatic carbocycles. The first-order chi connectivity index (χ1) is 19.7. The van der Waals surface area contributed by atoms with E-state index in [9.17, 15) is 13.6 Å². The van der Waals surface area contributed by atoms with E-state index < -0.39 is 5.92 Å². The number of nitrogens with one attached hydrogen (secondary N) is 1. The summed E-state index contributed by atoms with van der Waals surface area (Å²) >= 11 is 0. The Hall–Kier alpha value is -3.44. The Labute approximate surface area is 239 Å². The first-order valence-corrected chi connectivity index (χ1v) is 14.5. The van der Waals surface area contributed by atoms with Gasteiger partial charge >= 0.3 is 6.01 Å². The van der Waals surface area contributed by atoms with Gasteiger partial charge in [0.25, 0.3) is 11.8 Å². The van der Waals surface area contributed by atoms with Crippen molar-refractivity contribution < 1.29 is 18.3 Å². The van der Waals surface area contributed by atoms with E-state index in [0.29, 0.717) is 18.2 Å². The summed E-state index contributed by atoms with van der Waals surface area (Å²) in [6.45, 7) is 11.2. The molecule has 3 aromatic rings. The van der Waals surface area contributed by atoms with E-state index in [-0.39, 0.29) is 50.4 Å². The normalized spacial score (nSPS) is 18.9. The van der Waals surface area contributed by atoms with Crippen LogP contribution in [0.2, 0.25) is 0 Å². The number of pyridine rings is 1. The van der Waals surface area contributed by atoms with Crippen LogP contribution in [0.4, 0.5) is 14.6 Å². The molecule has 9 nitrogen and oxygen atoms in total. The van der Waals surface area contributed by atoms with Gasteiger partial charge in [0, 0.05) is 93.6 Å². The number of likely N-dealkylation sites (tertiary alicyclic amines) is 1. The number of hydrogen-bond acceptors (Lipinski definition) is 8. The molecule has 0 aliphatic carbocycles. The lowest BCUT2D eigenvalue weighted by Gasteiger charge is -2.37. The maximum atomic E-state index is 13.9. The number of halogens is 2. The minimum absolute atomic E-state index is 0.215. The predicted molar refractivity (Wildman–Crippen MR) is 155 cm³/mol. The third-order valence-electron chi connectivity index (χ3n) is 8.06. The predicted octanol–water partition coefficient (Wildman–Crippen LogP) is 4.16. The molecule has 2 saturated heterocycles. The van der Waals surface area contributed by atoms with E-state index in [0.717, 1.165) is 48.5 Å². The van der Waals surface area contributed by atoms with Gasteiger partial charge in [-0.25, -0.2) is 23.7 Å². The zero-order valence-electron chi connectivity index (χ0n) is 24.0. The van der Waals surface area contributed by atoms with Crippen molar-refractivity contribution in [1.82, 2.24) is 30.1 Å². The number of piperidine rings is 1. The standard InChI is InChI=1S/C30H39F2N7O2/c1-4-41-29-34-18-22(19-35-29)26(38-12-10-30(31,32)11-13-38)20-33-28(40)24-6-5-7-25-23(24)8-9-27(36-25)39-16-14-37(15-17-39)21(2)3/h5-9,18-19,21,26H,4,10-17,20H2,1-3H3,(H,33,40). The Morgan fingerprint density at radius 3 is 2.37 bits per heavy atom. The Balaban J connectivity index is 1.31. The average molecular weight is 568 g/mol. The molecule has 5 rings (SSSR count). The fraction of sp³-hybridized carbons (Fsp3) is 0.533. The molecule has 2 aromatic heterocycles. The van der Waals surface area contributed by atoms with Crippen LogP contribution in [-0.2, 0) is 0 Å². The van der Waals surface area contributed by atoms with E-state index in [1.165, 1.54) is 0 Å². The van der Waals surface area contributed by atoms with Crippen molar-refractivity contribution >= 4 is 22.6 Å². The summed E-state index contributed by atoms with van der Waals surface area (Å²) in [6, 6.07) is 9.94. The molecule has 2 fully saturated rings. The fourth-order valence-electron chi connectivity index (χ4n) is 5.59. The van der Waals surface area contributed by atoms with E-state index in [2.05, 4.69) is 38.9 Å². The lowest BCUT2D eigenvalue weighted by atomic mass is 10.0. The molecule has 1 atom stereocenters. The van der Waals surface area contributed by atoms with E-state index in [1.807, 2.05) is 36.1 Å². The average Bonchev–Trinajstić information content (AvgIpc) is 2.98. The number of benzene rings is 1. The zero-order chi connectivity index (χ0) is 29.0. The minimum atomic E-state index is -2.67. The summed E-state index contributed by atoms with van der Waals surface area (Å²) in [4.78, 5) is 33.6. The smallest absolute Gasteiger partial charge is 0.316 e. The van der Waals surface area contributed by atoms with Gasteiger partial charge < -0.3 is 15.0 Å². The van der Waals surface area contributed by atoms with Crippen LogP contribution >= 0.6 is 0 Å². The number of hydrogen-bond donors (Lipinski definition) is 1. The number of carbonyl (C=O) groups excluding carboxylic acids is 1. The van der Waals surface area contributed by atoms with Gasteiger partial charge in [0.1, 0.15) is 5.82 Å². The summed E-state index contributed by atoms with van der Waals surface area (Å²) in [6.07, 6.45) is 2.84. The number of piperazine rings is 1. The minimum Gasteiger partial charge on any atom is -0.464 e. The van der Waals surface area contributed by atoms with Gasteiger partial charge in [0.15, 0.2) is 0 Å². The molecule has 2 aliphatic rings. The van der Waals surface area contributed by atoms with Crippen molar-refractivity contribution in [2.45, 2.75) is 51.6 Å². The van der Waals surface area contributed by atoms with Gasteiger partial charge in [-0.15, -0.1) is 0 Å². The van der Waals surface area contributed by atoms with Crippen molar-refractivity contribution in [3.8, 4) is 6.01 Å². The van der Waals surface area contributed by atoms with Crippen LogP contribution in [0.5, 0.6) is 6.01 Å². The molecule has 11 heteroatoms. The number of carbonyl (C=O) groups is 1. The molecule has 1 amide bonds. The molecular weight excluding hydrogens is 528 g/mol. The summed E-state index contributed by atoms with van der Waals surface area (Å²) in [7, 11) is 0. The van der Waals surface area contributed by atoms with Crippen LogP contribution in [-0.4, -0.2) is 95.0 Å². The van der Waals surface area contributed by atoms with Gasteiger partial charge in [0.2, 0.25) is 0 Å². The first kappa shape index (κ1) is 29.1. The quantitative estimate of drug-likeness (QED) is 0.413. The lowest BCUT2D eigenvalue weighted by Crippen LogP contribution is -2.49. The number of fused-ring (bicyclic) bond motifs is 1. The highest BCUT2D eigenvalue weighted by Gasteiger charge is 2.37. The number of nitrogens with zero attached hydrogens (tertiary/aromatic N) is 6. The summed E-state index contributed by atoms with van der Waals surface area (Å²) in [5, 5.41) is 3.81. The molecule has 2 aliphatic heterocycles. The second-order valence-electron chi connectivity index (χ2n) is 11.0. The van der Waals surface area contributed by atoms with Crippen molar-refractivity contribution in [2.24, 2.45) is 0 Å². The van der Waals surface area contributed by atoms with Crippen LogP contribution < -0.4 is 15.0 Å². The van der Waals surface area contributed by atoms with Gasteiger partial charge in [0.05, 0.1) is 18.2 Å². The van der Waals surface area contributed by atoms with Gasteiger partial charge in [-0.3, -0.25) is 14.6 Å². The largest absolute Gasteiger partial charge is 0.464 e. The number of rotatable bonds is 9. The highest BCUT2D eigenvalue weighted by atomic mass is 19.3. The van der Waals surface area contributed by atoms with Crippen molar-refractivity contribution in [3.63, 3.8) is 0 Å². The maximum absolute atomic E-state index is 13.9. The number of ether oxygens (including phenoxy) is 1. The monoisotopic (exact) mass is 567 g/mol. The highest BCUT2D eigenvalue weighted by Crippen LogP contribution is 2.32. The van der Waals surface area contributed by atoms with Crippen molar-refractivity contribution in [3.05, 3.63) is 53.9 Å². The summed E-state index contributed by atoms with van der Waals surface area (Å²) in [5.74, 6) is -2.00. The van der Waals surface area contributed by atoms with Crippen LogP contribution in [0.25, 0.3) is 10.9 Å². The molecule has 1 N–H and O–H groups in total. The molecular formula is C30H39F2N7O2. The van der Waals surface area contributed by atoms with Crippen LogP contribution in [0, 0.1) is 0 Å². The number of anilines is 1. The summed E-state index contributed by atoms with van der Waals surface area (Å²) < 4.78 is 33.2. The van der Waals surface area contributed by atoms with Gasteiger partial charge in [-0.05, 0) is 45.0 Å². The SMILES string of the molecule is CCOc1ncc(C(CNC(=O)c2cccc3nc(N4CCN(C(C)C)CC4)ccc23)N2CCC(F)(F)CC2)cn1. The molecule has 4 heterocycles. The second kappa shape index (κ2) is 12.6. The highest BCUT2D eigenvalue weighted by molar-refractivity contribution is 6.06. The number of aromatic nitrogens is 3. The Morgan fingerprint density at radius 2 is 1.71 bits per heavy atom. The Bertz CT molecular complexity index is 1320. The lowest BCUT2D eigenvalue weighted by molar-refractivity contribution is -0.0632. The molecule has 0 bridgehead atoms. The van der Waals surface area contributed by atoms with E-state index in [4.69, 9.17) is 9.72 Å². The Morgan fingerprint density at radius 1 is 1.00 bits per heavy atom. The number of amides is 1. The molecule has 0 radical (unpaired) electrons. The first-order valence-electron chi connectivity index (χ1n) is 14.5. The zero-order valence-corrected chi connectivity index (χ0v) is 24.0. The fourth-order valence-corrected chi connectivity index (χ4v) is 5.59. The molecule has 1 unspecified atom stereocenters. The second-order valence-corrected chi connectivity index (χ2v) is 11.0. The molecule has 220 valence electrons. The number of alkyl halides is 2. The topological polar surface area (TPSA) is 86.7 Å². The third kappa shape index (κ3) is 6.90. The van der Waals surface area contributed by atoms with Crippen LogP contribution in [0.1, 0.15) is 55.6 Å². The van der Waals surface area contributed by atoms with Crippen LogP contribution in [0.15, 0.2) is 42.7 Å². The van der Waals surface area contributed by atoms with Crippen molar-refractivity contribution in [1.29, 1.82) is 0 Å². The van der Waals surface area contributed by atoms with E-state index >= 15 is 0 Å². The van der Waals surface area contributed by atoms with Crippen molar-refractivity contribution in [2.75, 3.05) is 57.3 Å². The van der Waals surface area contributed by atoms with Gasteiger partial charge in [-0.2, -0.15) is 0 Å². The Kier molecular flexibility index (Phi) is 8.94.